The Morgan fingerprint density at radius 2 is 1.96 bits per heavy atom. The van der Waals surface area contributed by atoms with Gasteiger partial charge in [-0.25, -0.2) is 5.43 Å². The van der Waals surface area contributed by atoms with Crippen LogP contribution in [0.25, 0.3) is 0 Å². The first kappa shape index (κ1) is 20.4. The molecule has 0 radical (unpaired) electrons. The molecule has 5 nitrogen and oxygen atoms in total. The SMILES string of the molecule is C=CCc1cc(CNCC2CNNC2c2ccc(C)cc2)cc(OC)c1OC. The fourth-order valence-corrected chi connectivity index (χ4v) is 3.77. The minimum absolute atomic E-state index is 0.315. The first-order valence-corrected chi connectivity index (χ1v) is 9.76. The lowest BCUT2D eigenvalue weighted by molar-refractivity contribution is 0.351. The molecule has 5 heteroatoms. The first-order chi connectivity index (χ1) is 13.7. The Labute approximate surface area is 168 Å². The Morgan fingerprint density at radius 1 is 1.18 bits per heavy atom. The van der Waals surface area contributed by atoms with Gasteiger partial charge in [-0.15, -0.1) is 6.58 Å². The van der Waals surface area contributed by atoms with Crippen molar-refractivity contribution in [2.75, 3.05) is 27.3 Å². The van der Waals surface area contributed by atoms with Gasteiger partial charge in [-0.3, -0.25) is 5.43 Å². The largest absolute Gasteiger partial charge is 0.493 e. The molecule has 2 atom stereocenters. The topological polar surface area (TPSA) is 54.5 Å². The van der Waals surface area contributed by atoms with Crippen LogP contribution in [0.4, 0.5) is 0 Å². The molecule has 0 aliphatic carbocycles. The highest BCUT2D eigenvalue weighted by molar-refractivity contribution is 5.50. The van der Waals surface area contributed by atoms with Gasteiger partial charge in [-0.1, -0.05) is 42.0 Å². The summed E-state index contributed by atoms with van der Waals surface area (Å²) in [7, 11) is 3.35. The van der Waals surface area contributed by atoms with Crippen LogP contribution in [0, 0.1) is 12.8 Å². The molecule has 150 valence electrons. The van der Waals surface area contributed by atoms with E-state index in [-0.39, 0.29) is 0 Å². The lowest BCUT2D eigenvalue weighted by Crippen LogP contribution is -2.28. The van der Waals surface area contributed by atoms with Crippen molar-refractivity contribution in [2.45, 2.75) is 25.9 Å². The van der Waals surface area contributed by atoms with E-state index in [2.05, 4.69) is 60.0 Å². The van der Waals surface area contributed by atoms with E-state index in [0.29, 0.717) is 12.0 Å². The van der Waals surface area contributed by atoms with Crippen LogP contribution in [0.3, 0.4) is 0 Å². The number of hydrazine groups is 1. The predicted octanol–water partition coefficient (Wildman–Crippen LogP) is 3.30. The summed E-state index contributed by atoms with van der Waals surface area (Å²) >= 11 is 0. The van der Waals surface area contributed by atoms with Crippen LogP contribution < -0.4 is 25.6 Å². The standard InChI is InChI=1S/C23H31N3O2/c1-5-6-19-11-17(12-21(27-3)23(19)28-4)13-24-14-20-15-25-26-22(20)18-9-7-16(2)8-10-18/h5,7-12,20,22,24-26H,1,6,13-15H2,2-4H3. The zero-order chi connectivity index (χ0) is 19.9. The summed E-state index contributed by atoms with van der Waals surface area (Å²) in [5.41, 5.74) is 11.6. The molecule has 3 rings (SSSR count). The van der Waals surface area contributed by atoms with Gasteiger partial charge in [0.1, 0.15) is 0 Å². The second-order valence-electron chi connectivity index (χ2n) is 7.29. The van der Waals surface area contributed by atoms with Crippen molar-refractivity contribution in [2.24, 2.45) is 5.92 Å². The van der Waals surface area contributed by atoms with Crippen molar-refractivity contribution in [3.63, 3.8) is 0 Å². The molecule has 0 aromatic heterocycles. The molecule has 1 fully saturated rings. The van der Waals surface area contributed by atoms with Crippen molar-refractivity contribution < 1.29 is 9.47 Å². The van der Waals surface area contributed by atoms with E-state index in [1.165, 1.54) is 16.7 Å². The van der Waals surface area contributed by atoms with Gasteiger partial charge in [-0.2, -0.15) is 0 Å². The second-order valence-corrected chi connectivity index (χ2v) is 7.29. The minimum Gasteiger partial charge on any atom is -0.493 e. The summed E-state index contributed by atoms with van der Waals surface area (Å²) < 4.78 is 11.0. The number of nitrogens with one attached hydrogen (secondary N) is 3. The molecule has 0 amide bonds. The van der Waals surface area contributed by atoms with Crippen molar-refractivity contribution in [3.8, 4) is 11.5 Å². The molecule has 1 aliphatic rings. The summed E-state index contributed by atoms with van der Waals surface area (Å²) in [5.74, 6) is 2.03. The number of rotatable bonds is 9. The van der Waals surface area contributed by atoms with Gasteiger partial charge in [0, 0.05) is 31.1 Å². The summed E-state index contributed by atoms with van der Waals surface area (Å²) in [6.45, 7) is 8.61. The molecule has 1 saturated heterocycles. The number of benzene rings is 2. The molecule has 0 spiro atoms. The van der Waals surface area contributed by atoms with Crippen molar-refractivity contribution in [1.82, 2.24) is 16.2 Å². The average Bonchev–Trinajstić information content (AvgIpc) is 3.17. The van der Waals surface area contributed by atoms with E-state index in [1.807, 2.05) is 12.1 Å². The van der Waals surface area contributed by atoms with Gasteiger partial charge in [0.05, 0.1) is 20.3 Å². The van der Waals surface area contributed by atoms with Gasteiger partial charge in [0.15, 0.2) is 11.5 Å². The number of ether oxygens (including phenoxy) is 2. The lowest BCUT2D eigenvalue weighted by atomic mass is 9.94. The average molecular weight is 382 g/mol. The lowest BCUT2D eigenvalue weighted by Gasteiger charge is -2.20. The van der Waals surface area contributed by atoms with Gasteiger partial charge < -0.3 is 14.8 Å². The highest BCUT2D eigenvalue weighted by Gasteiger charge is 2.27. The number of hydrogen-bond donors (Lipinski definition) is 3. The van der Waals surface area contributed by atoms with Crippen LogP contribution in [0.5, 0.6) is 11.5 Å². The highest BCUT2D eigenvalue weighted by atomic mass is 16.5. The molecular formula is C23H31N3O2. The van der Waals surface area contributed by atoms with E-state index < -0.39 is 0 Å². The van der Waals surface area contributed by atoms with E-state index in [9.17, 15) is 0 Å². The van der Waals surface area contributed by atoms with Gasteiger partial charge in [0.25, 0.3) is 0 Å². The van der Waals surface area contributed by atoms with Crippen molar-refractivity contribution >= 4 is 0 Å². The molecule has 1 heterocycles. The number of aryl methyl sites for hydroxylation is 1. The predicted molar refractivity (Wildman–Crippen MR) is 114 cm³/mol. The third-order valence-electron chi connectivity index (χ3n) is 5.25. The molecule has 3 N–H and O–H groups in total. The van der Waals surface area contributed by atoms with E-state index in [1.54, 1.807) is 14.2 Å². The Balaban J connectivity index is 1.64. The Morgan fingerprint density at radius 3 is 2.64 bits per heavy atom. The first-order valence-electron chi connectivity index (χ1n) is 9.76. The Bertz CT molecular complexity index is 789. The third-order valence-corrected chi connectivity index (χ3v) is 5.25. The van der Waals surface area contributed by atoms with Crippen LogP contribution in [0.2, 0.25) is 0 Å². The number of allylic oxidation sites excluding steroid dienone is 1. The van der Waals surface area contributed by atoms with Gasteiger partial charge in [0.2, 0.25) is 0 Å². The highest BCUT2D eigenvalue weighted by Crippen LogP contribution is 2.33. The van der Waals surface area contributed by atoms with Crippen molar-refractivity contribution in [1.29, 1.82) is 0 Å². The fourth-order valence-electron chi connectivity index (χ4n) is 3.77. The zero-order valence-corrected chi connectivity index (χ0v) is 17.0. The number of methoxy groups -OCH3 is 2. The second kappa shape index (κ2) is 9.73. The molecular weight excluding hydrogens is 350 g/mol. The summed E-state index contributed by atoms with van der Waals surface area (Å²) in [6.07, 6.45) is 2.63. The molecule has 2 unspecified atom stereocenters. The van der Waals surface area contributed by atoms with Crippen LogP contribution in [-0.4, -0.2) is 27.3 Å². The van der Waals surface area contributed by atoms with E-state index in [4.69, 9.17) is 9.47 Å². The molecule has 2 aromatic rings. The maximum atomic E-state index is 5.52. The van der Waals surface area contributed by atoms with E-state index >= 15 is 0 Å². The Kier molecular flexibility index (Phi) is 7.09. The summed E-state index contributed by atoms with van der Waals surface area (Å²) in [5, 5.41) is 3.61. The maximum Gasteiger partial charge on any atom is 0.164 e. The Hall–Kier alpha value is -2.34. The molecule has 2 aromatic carbocycles. The zero-order valence-electron chi connectivity index (χ0n) is 17.0. The van der Waals surface area contributed by atoms with Crippen LogP contribution in [0.15, 0.2) is 49.1 Å². The van der Waals surface area contributed by atoms with Crippen molar-refractivity contribution in [3.05, 3.63) is 71.3 Å². The summed E-state index contributed by atoms with van der Waals surface area (Å²) in [6, 6.07) is 13.3. The molecule has 0 saturated carbocycles. The van der Waals surface area contributed by atoms with Gasteiger partial charge >= 0.3 is 0 Å². The smallest absolute Gasteiger partial charge is 0.164 e. The summed E-state index contributed by atoms with van der Waals surface area (Å²) in [4.78, 5) is 0. The van der Waals surface area contributed by atoms with E-state index in [0.717, 1.165) is 43.1 Å². The molecule has 1 aliphatic heterocycles. The third kappa shape index (κ3) is 4.73. The van der Waals surface area contributed by atoms with Crippen LogP contribution in [-0.2, 0) is 13.0 Å². The minimum atomic E-state index is 0.315. The maximum absolute atomic E-state index is 5.52. The molecule has 28 heavy (non-hydrogen) atoms. The fraction of sp³-hybridized carbons (Fsp3) is 0.391. The number of hydrogen-bond acceptors (Lipinski definition) is 5. The monoisotopic (exact) mass is 381 g/mol. The van der Waals surface area contributed by atoms with Gasteiger partial charge in [-0.05, 0) is 30.5 Å². The molecule has 0 bridgehead atoms. The quantitative estimate of drug-likeness (QED) is 0.582. The van der Waals surface area contributed by atoms with Crippen LogP contribution >= 0.6 is 0 Å². The normalized spacial score (nSPS) is 18.8. The van der Waals surface area contributed by atoms with Crippen LogP contribution in [0.1, 0.15) is 28.3 Å².